The molecule has 0 saturated carbocycles. The van der Waals surface area contributed by atoms with Crippen LogP contribution in [0.2, 0.25) is 0 Å². The minimum absolute atomic E-state index is 0.177. The standard InChI is InChI=1S/C17H19BrFN/c1-12-5-6-17(19)10-15(12)8-14(11-20)7-13-3-2-4-16(18)9-13/h2-6,9-10,14H,7-8,11,20H2,1H3. The maximum Gasteiger partial charge on any atom is 0.123 e. The maximum atomic E-state index is 13.3. The summed E-state index contributed by atoms with van der Waals surface area (Å²) >= 11 is 3.48. The predicted molar refractivity (Wildman–Crippen MR) is 85.2 cm³/mol. The van der Waals surface area contributed by atoms with Crippen LogP contribution in [0, 0.1) is 18.7 Å². The van der Waals surface area contributed by atoms with Gasteiger partial charge in [0.25, 0.3) is 0 Å². The molecule has 0 saturated heterocycles. The molecule has 0 spiro atoms. The lowest BCUT2D eigenvalue weighted by Gasteiger charge is -2.16. The van der Waals surface area contributed by atoms with E-state index in [0.29, 0.717) is 12.5 Å². The monoisotopic (exact) mass is 335 g/mol. The van der Waals surface area contributed by atoms with Crippen molar-refractivity contribution in [3.63, 3.8) is 0 Å². The van der Waals surface area contributed by atoms with Crippen LogP contribution in [-0.4, -0.2) is 6.54 Å². The predicted octanol–water partition coefficient (Wildman–Crippen LogP) is 4.26. The lowest BCUT2D eigenvalue weighted by atomic mass is 9.91. The Balaban J connectivity index is 2.11. The fourth-order valence-corrected chi connectivity index (χ4v) is 2.85. The first-order chi connectivity index (χ1) is 9.58. The van der Waals surface area contributed by atoms with Gasteiger partial charge in [-0.1, -0.05) is 34.1 Å². The minimum Gasteiger partial charge on any atom is -0.330 e. The highest BCUT2D eigenvalue weighted by Crippen LogP contribution is 2.20. The molecule has 0 bridgehead atoms. The zero-order chi connectivity index (χ0) is 14.5. The van der Waals surface area contributed by atoms with Gasteiger partial charge < -0.3 is 5.73 Å². The molecule has 0 amide bonds. The molecule has 2 aromatic rings. The van der Waals surface area contributed by atoms with E-state index in [9.17, 15) is 4.39 Å². The number of rotatable bonds is 5. The largest absolute Gasteiger partial charge is 0.330 e. The molecule has 2 N–H and O–H groups in total. The molecule has 2 aromatic carbocycles. The highest BCUT2D eigenvalue weighted by atomic mass is 79.9. The lowest BCUT2D eigenvalue weighted by Crippen LogP contribution is -2.20. The second-order valence-corrected chi connectivity index (χ2v) is 6.13. The summed E-state index contributed by atoms with van der Waals surface area (Å²) in [7, 11) is 0. The van der Waals surface area contributed by atoms with Gasteiger partial charge in [-0.25, -0.2) is 4.39 Å². The van der Waals surface area contributed by atoms with E-state index in [1.165, 1.54) is 11.6 Å². The SMILES string of the molecule is Cc1ccc(F)cc1CC(CN)Cc1cccc(Br)c1. The van der Waals surface area contributed by atoms with E-state index in [1.807, 2.05) is 25.1 Å². The van der Waals surface area contributed by atoms with Crippen molar-refractivity contribution in [1.29, 1.82) is 0 Å². The second-order valence-electron chi connectivity index (χ2n) is 5.21. The molecule has 1 nitrogen and oxygen atoms in total. The third-order valence-corrected chi connectivity index (χ3v) is 4.06. The second kappa shape index (κ2) is 7.00. The van der Waals surface area contributed by atoms with Gasteiger partial charge in [-0.3, -0.25) is 0 Å². The molecular formula is C17H19BrFN. The summed E-state index contributed by atoms with van der Waals surface area (Å²) < 4.78 is 14.4. The first kappa shape index (κ1) is 15.2. The molecule has 0 fully saturated rings. The summed E-state index contributed by atoms with van der Waals surface area (Å²) in [4.78, 5) is 0. The van der Waals surface area contributed by atoms with Crippen molar-refractivity contribution in [2.24, 2.45) is 11.7 Å². The smallest absolute Gasteiger partial charge is 0.123 e. The van der Waals surface area contributed by atoms with Crippen molar-refractivity contribution in [3.05, 3.63) is 69.4 Å². The molecule has 2 rings (SSSR count). The number of halogens is 2. The van der Waals surface area contributed by atoms with Gasteiger partial charge in [0.15, 0.2) is 0 Å². The highest BCUT2D eigenvalue weighted by Gasteiger charge is 2.11. The van der Waals surface area contributed by atoms with Crippen LogP contribution in [0.25, 0.3) is 0 Å². The normalized spacial score (nSPS) is 12.4. The molecule has 0 aliphatic carbocycles. The van der Waals surface area contributed by atoms with E-state index in [-0.39, 0.29) is 5.82 Å². The molecule has 0 aliphatic heterocycles. The highest BCUT2D eigenvalue weighted by molar-refractivity contribution is 9.10. The zero-order valence-electron chi connectivity index (χ0n) is 11.6. The summed E-state index contributed by atoms with van der Waals surface area (Å²) in [5.41, 5.74) is 9.32. The first-order valence-corrected chi connectivity index (χ1v) is 7.57. The van der Waals surface area contributed by atoms with Crippen LogP contribution in [-0.2, 0) is 12.8 Å². The van der Waals surface area contributed by atoms with Gasteiger partial charge in [0, 0.05) is 4.47 Å². The number of hydrogen-bond donors (Lipinski definition) is 1. The van der Waals surface area contributed by atoms with Crippen molar-refractivity contribution in [3.8, 4) is 0 Å². The van der Waals surface area contributed by atoms with E-state index in [2.05, 4.69) is 28.1 Å². The van der Waals surface area contributed by atoms with Crippen LogP contribution in [0.15, 0.2) is 46.9 Å². The third kappa shape index (κ3) is 4.15. The van der Waals surface area contributed by atoms with Crippen LogP contribution in [0.1, 0.15) is 16.7 Å². The van der Waals surface area contributed by atoms with Crippen molar-refractivity contribution < 1.29 is 4.39 Å². The van der Waals surface area contributed by atoms with Gasteiger partial charge in [-0.05, 0) is 73.2 Å². The van der Waals surface area contributed by atoms with Crippen LogP contribution in [0.3, 0.4) is 0 Å². The van der Waals surface area contributed by atoms with Crippen LogP contribution in [0.4, 0.5) is 4.39 Å². The van der Waals surface area contributed by atoms with Crippen molar-refractivity contribution in [2.45, 2.75) is 19.8 Å². The Morgan fingerprint density at radius 3 is 2.65 bits per heavy atom. The Labute approximate surface area is 128 Å². The molecule has 0 heterocycles. The Morgan fingerprint density at radius 2 is 1.95 bits per heavy atom. The van der Waals surface area contributed by atoms with Crippen molar-refractivity contribution in [1.82, 2.24) is 0 Å². The zero-order valence-corrected chi connectivity index (χ0v) is 13.2. The maximum absolute atomic E-state index is 13.3. The first-order valence-electron chi connectivity index (χ1n) is 6.78. The Bertz CT molecular complexity index is 583. The van der Waals surface area contributed by atoms with Crippen LogP contribution in [0.5, 0.6) is 0 Å². The molecule has 106 valence electrons. The minimum atomic E-state index is -0.177. The molecule has 1 atom stereocenters. The Kier molecular flexibility index (Phi) is 5.32. The molecule has 20 heavy (non-hydrogen) atoms. The molecule has 1 unspecified atom stereocenters. The third-order valence-electron chi connectivity index (χ3n) is 3.57. The van der Waals surface area contributed by atoms with E-state index >= 15 is 0 Å². The molecule has 0 radical (unpaired) electrons. The summed E-state index contributed by atoms with van der Waals surface area (Å²) in [6.07, 6.45) is 1.72. The molecule has 0 aliphatic rings. The van der Waals surface area contributed by atoms with Crippen LogP contribution < -0.4 is 5.73 Å². The van der Waals surface area contributed by atoms with Gasteiger partial charge >= 0.3 is 0 Å². The average Bonchev–Trinajstić information content (AvgIpc) is 2.42. The van der Waals surface area contributed by atoms with E-state index in [4.69, 9.17) is 5.73 Å². The Morgan fingerprint density at radius 1 is 1.15 bits per heavy atom. The van der Waals surface area contributed by atoms with Gasteiger partial charge in [0.1, 0.15) is 5.82 Å². The Hall–Kier alpha value is -1.19. The fourth-order valence-electron chi connectivity index (χ4n) is 2.41. The van der Waals surface area contributed by atoms with Gasteiger partial charge in [0.2, 0.25) is 0 Å². The van der Waals surface area contributed by atoms with Gasteiger partial charge in [0.05, 0.1) is 0 Å². The molecule has 0 aromatic heterocycles. The summed E-state index contributed by atoms with van der Waals surface area (Å²) in [6.45, 7) is 2.62. The van der Waals surface area contributed by atoms with E-state index in [0.717, 1.165) is 28.4 Å². The fraction of sp³-hybridized carbons (Fsp3) is 0.294. The lowest BCUT2D eigenvalue weighted by molar-refractivity contribution is 0.529. The summed E-state index contributed by atoms with van der Waals surface area (Å²) in [6, 6.07) is 13.2. The van der Waals surface area contributed by atoms with E-state index in [1.54, 1.807) is 6.07 Å². The van der Waals surface area contributed by atoms with Crippen molar-refractivity contribution >= 4 is 15.9 Å². The summed E-state index contributed by atoms with van der Waals surface area (Å²) in [5.74, 6) is 0.147. The van der Waals surface area contributed by atoms with Crippen molar-refractivity contribution in [2.75, 3.05) is 6.54 Å². The average molecular weight is 336 g/mol. The number of benzene rings is 2. The van der Waals surface area contributed by atoms with Crippen LogP contribution >= 0.6 is 15.9 Å². The quantitative estimate of drug-likeness (QED) is 0.868. The molecular weight excluding hydrogens is 317 g/mol. The number of aryl methyl sites for hydroxylation is 1. The summed E-state index contributed by atoms with van der Waals surface area (Å²) in [5, 5.41) is 0. The topological polar surface area (TPSA) is 26.0 Å². The van der Waals surface area contributed by atoms with Gasteiger partial charge in [-0.2, -0.15) is 0 Å². The molecule has 3 heteroatoms. The number of hydrogen-bond acceptors (Lipinski definition) is 1. The van der Waals surface area contributed by atoms with Gasteiger partial charge in [-0.15, -0.1) is 0 Å². The van der Waals surface area contributed by atoms with E-state index < -0.39 is 0 Å². The number of nitrogens with two attached hydrogens (primary N) is 1.